The summed E-state index contributed by atoms with van der Waals surface area (Å²) in [6.45, 7) is 6.06. The van der Waals surface area contributed by atoms with E-state index in [1.807, 2.05) is 20.8 Å². The first-order valence-electron chi connectivity index (χ1n) is 5.35. The number of H-pyrrole nitrogens is 1. The molecule has 88 valence electrons. The van der Waals surface area contributed by atoms with Crippen LogP contribution in [0.15, 0.2) is 23.1 Å². The van der Waals surface area contributed by atoms with Crippen molar-refractivity contribution in [1.29, 1.82) is 0 Å². The summed E-state index contributed by atoms with van der Waals surface area (Å²) in [5, 5.41) is 0. The number of nitrogens with zero attached hydrogens (tertiary/aromatic N) is 1. The molecule has 0 fully saturated rings. The van der Waals surface area contributed by atoms with Crippen molar-refractivity contribution in [2.75, 3.05) is 7.05 Å². The average Bonchev–Trinajstić information content (AvgIpc) is 2.28. The molecule has 0 radical (unpaired) electrons. The van der Waals surface area contributed by atoms with E-state index < -0.39 is 0 Å². The number of rotatable bonds is 3. The zero-order chi connectivity index (χ0) is 12.3. The lowest BCUT2D eigenvalue weighted by Gasteiger charge is -2.34. The van der Waals surface area contributed by atoms with Crippen molar-refractivity contribution in [3.8, 4) is 0 Å². The molecule has 0 saturated carbocycles. The van der Waals surface area contributed by atoms with Crippen LogP contribution in [0.1, 0.15) is 37.6 Å². The highest BCUT2D eigenvalue weighted by atomic mass is 16.2. The topological polar surface area (TPSA) is 53.2 Å². The van der Waals surface area contributed by atoms with Gasteiger partial charge in [0.05, 0.1) is 5.56 Å². The van der Waals surface area contributed by atoms with Crippen LogP contribution in [0.25, 0.3) is 0 Å². The molecule has 0 atom stereocenters. The molecule has 1 N–H and O–H groups in total. The predicted molar refractivity (Wildman–Crippen MR) is 63.5 cm³/mol. The maximum atomic E-state index is 12.1. The Hall–Kier alpha value is -1.58. The SMILES string of the molecule is CCC(C)(C)N(C)C(=O)c1ccc(=O)[nH]c1. The largest absolute Gasteiger partial charge is 0.337 e. The molecular formula is C12H18N2O2. The van der Waals surface area contributed by atoms with E-state index in [-0.39, 0.29) is 17.0 Å². The fraction of sp³-hybridized carbons (Fsp3) is 0.500. The third kappa shape index (κ3) is 2.51. The Kier molecular flexibility index (Phi) is 3.52. The summed E-state index contributed by atoms with van der Waals surface area (Å²) >= 11 is 0. The van der Waals surface area contributed by atoms with Gasteiger partial charge in [-0.15, -0.1) is 0 Å². The van der Waals surface area contributed by atoms with Crippen LogP contribution < -0.4 is 5.56 Å². The first-order valence-corrected chi connectivity index (χ1v) is 5.35. The highest BCUT2D eigenvalue weighted by Crippen LogP contribution is 2.18. The molecule has 0 aliphatic carbocycles. The maximum absolute atomic E-state index is 12.1. The Morgan fingerprint density at radius 2 is 2.06 bits per heavy atom. The van der Waals surface area contributed by atoms with E-state index in [2.05, 4.69) is 4.98 Å². The van der Waals surface area contributed by atoms with E-state index in [9.17, 15) is 9.59 Å². The molecule has 4 nitrogen and oxygen atoms in total. The molecule has 0 aliphatic heterocycles. The molecule has 0 aromatic carbocycles. The van der Waals surface area contributed by atoms with E-state index >= 15 is 0 Å². The third-order valence-corrected chi connectivity index (χ3v) is 3.11. The van der Waals surface area contributed by atoms with Gasteiger partial charge in [-0.3, -0.25) is 9.59 Å². The lowest BCUT2D eigenvalue weighted by molar-refractivity contribution is 0.0620. The Labute approximate surface area is 95.3 Å². The smallest absolute Gasteiger partial charge is 0.255 e. The van der Waals surface area contributed by atoms with Gasteiger partial charge in [0.25, 0.3) is 5.91 Å². The molecule has 0 unspecified atom stereocenters. The second-order valence-corrected chi connectivity index (χ2v) is 4.47. The number of pyridine rings is 1. The number of carbonyl (C=O) groups is 1. The number of nitrogens with one attached hydrogen (secondary N) is 1. The zero-order valence-electron chi connectivity index (χ0n) is 10.2. The van der Waals surface area contributed by atoms with Crippen LogP contribution in [0.3, 0.4) is 0 Å². The molecule has 0 aliphatic rings. The van der Waals surface area contributed by atoms with Gasteiger partial charge in [0.2, 0.25) is 5.56 Å². The summed E-state index contributed by atoms with van der Waals surface area (Å²) in [6.07, 6.45) is 2.32. The van der Waals surface area contributed by atoms with Crippen LogP contribution in [-0.2, 0) is 0 Å². The molecule has 16 heavy (non-hydrogen) atoms. The van der Waals surface area contributed by atoms with Gasteiger partial charge in [-0.1, -0.05) is 6.92 Å². The van der Waals surface area contributed by atoms with Crippen molar-refractivity contribution < 1.29 is 4.79 Å². The minimum Gasteiger partial charge on any atom is -0.337 e. The van der Waals surface area contributed by atoms with Crippen molar-refractivity contribution in [3.05, 3.63) is 34.2 Å². The molecule has 1 rings (SSSR count). The fourth-order valence-electron chi connectivity index (χ4n) is 1.25. The zero-order valence-corrected chi connectivity index (χ0v) is 10.2. The summed E-state index contributed by atoms with van der Waals surface area (Å²) in [5.74, 6) is -0.0805. The number of amides is 1. The average molecular weight is 222 g/mol. The van der Waals surface area contributed by atoms with Crippen molar-refractivity contribution in [1.82, 2.24) is 9.88 Å². The molecule has 1 amide bonds. The van der Waals surface area contributed by atoms with Crippen LogP contribution in [0, 0.1) is 0 Å². The summed E-state index contributed by atoms with van der Waals surface area (Å²) in [5.41, 5.74) is 0.116. The van der Waals surface area contributed by atoms with Crippen molar-refractivity contribution in [3.63, 3.8) is 0 Å². The Morgan fingerprint density at radius 3 is 2.50 bits per heavy atom. The van der Waals surface area contributed by atoms with E-state index in [0.717, 1.165) is 6.42 Å². The molecule has 0 bridgehead atoms. The molecular weight excluding hydrogens is 204 g/mol. The van der Waals surface area contributed by atoms with Crippen molar-refractivity contribution >= 4 is 5.91 Å². The van der Waals surface area contributed by atoms with Gasteiger partial charge in [0.15, 0.2) is 0 Å². The van der Waals surface area contributed by atoms with Crippen LogP contribution >= 0.6 is 0 Å². The molecule has 1 aromatic rings. The number of hydrogen-bond acceptors (Lipinski definition) is 2. The normalized spacial score (nSPS) is 11.2. The van der Waals surface area contributed by atoms with Crippen LogP contribution in [0.2, 0.25) is 0 Å². The Bertz CT molecular complexity index is 414. The summed E-state index contributed by atoms with van der Waals surface area (Å²) in [6, 6.07) is 2.91. The second-order valence-electron chi connectivity index (χ2n) is 4.47. The number of aromatic amines is 1. The van der Waals surface area contributed by atoms with Gasteiger partial charge in [-0.05, 0) is 26.3 Å². The number of hydrogen-bond donors (Lipinski definition) is 1. The highest BCUT2D eigenvalue weighted by molar-refractivity contribution is 5.94. The number of carbonyl (C=O) groups excluding carboxylic acids is 1. The van der Waals surface area contributed by atoms with Crippen LogP contribution in [-0.4, -0.2) is 28.4 Å². The summed E-state index contributed by atoms with van der Waals surface area (Å²) < 4.78 is 0. The lowest BCUT2D eigenvalue weighted by atomic mass is 9.99. The van der Waals surface area contributed by atoms with Gasteiger partial charge < -0.3 is 9.88 Å². The van der Waals surface area contributed by atoms with Crippen molar-refractivity contribution in [2.45, 2.75) is 32.7 Å². The van der Waals surface area contributed by atoms with Gasteiger partial charge in [0, 0.05) is 24.8 Å². The van der Waals surface area contributed by atoms with Gasteiger partial charge in [-0.25, -0.2) is 0 Å². The highest BCUT2D eigenvalue weighted by Gasteiger charge is 2.26. The van der Waals surface area contributed by atoms with Gasteiger partial charge in [-0.2, -0.15) is 0 Å². The summed E-state index contributed by atoms with van der Waals surface area (Å²) in [7, 11) is 1.77. The summed E-state index contributed by atoms with van der Waals surface area (Å²) in [4.78, 5) is 27.1. The van der Waals surface area contributed by atoms with E-state index in [0.29, 0.717) is 5.56 Å². The van der Waals surface area contributed by atoms with E-state index in [1.165, 1.54) is 12.3 Å². The monoisotopic (exact) mass is 222 g/mol. The second kappa shape index (κ2) is 4.51. The Morgan fingerprint density at radius 1 is 1.44 bits per heavy atom. The third-order valence-electron chi connectivity index (χ3n) is 3.11. The lowest BCUT2D eigenvalue weighted by Crippen LogP contribution is -2.44. The minimum absolute atomic E-state index is 0.0805. The van der Waals surface area contributed by atoms with Crippen LogP contribution in [0.4, 0.5) is 0 Å². The first-order chi connectivity index (χ1) is 7.38. The van der Waals surface area contributed by atoms with E-state index in [1.54, 1.807) is 18.0 Å². The van der Waals surface area contributed by atoms with Gasteiger partial charge in [0.1, 0.15) is 0 Å². The first kappa shape index (κ1) is 12.5. The molecule has 1 aromatic heterocycles. The fourth-order valence-corrected chi connectivity index (χ4v) is 1.25. The minimum atomic E-state index is -0.200. The molecule has 1 heterocycles. The maximum Gasteiger partial charge on any atom is 0.255 e. The molecule has 4 heteroatoms. The molecule has 0 spiro atoms. The molecule has 0 saturated heterocycles. The quantitative estimate of drug-likeness (QED) is 0.845. The van der Waals surface area contributed by atoms with Crippen molar-refractivity contribution in [2.24, 2.45) is 0 Å². The van der Waals surface area contributed by atoms with E-state index in [4.69, 9.17) is 0 Å². The Balaban J connectivity index is 2.94. The van der Waals surface area contributed by atoms with Gasteiger partial charge >= 0.3 is 0 Å². The number of aromatic nitrogens is 1. The van der Waals surface area contributed by atoms with Crippen LogP contribution in [0.5, 0.6) is 0 Å². The standard InChI is InChI=1S/C12H18N2O2/c1-5-12(2,3)14(4)11(16)9-6-7-10(15)13-8-9/h6-8H,5H2,1-4H3,(H,13,15). The predicted octanol–water partition coefficient (Wildman–Crippen LogP) is 1.64.